The summed E-state index contributed by atoms with van der Waals surface area (Å²) < 4.78 is 13.0. The predicted octanol–water partition coefficient (Wildman–Crippen LogP) is 5.08. The van der Waals surface area contributed by atoms with Crippen molar-refractivity contribution in [2.75, 3.05) is 11.1 Å². The second kappa shape index (κ2) is 12.1. The summed E-state index contributed by atoms with van der Waals surface area (Å²) in [7, 11) is 0. The van der Waals surface area contributed by atoms with Crippen LogP contribution in [0.15, 0.2) is 90.5 Å². The van der Waals surface area contributed by atoms with Crippen molar-refractivity contribution in [1.82, 2.24) is 25.1 Å². The number of para-hydroxylation sites is 2. The molecule has 1 fully saturated rings. The molecular weight excluding hydrogens is 540 g/mol. The van der Waals surface area contributed by atoms with Crippen molar-refractivity contribution in [2.24, 2.45) is 5.92 Å². The van der Waals surface area contributed by atoms with E-state index in [4.69, 9.17) is 9.47 Å². The van der Waals surface area contributed by atoms with E-state index in [-0.39, 0.29) is 36.3 Å². The normalized spacial score (nSPS) is 20.6. The van der Waals surface area contributed by atoms with E-state index in [9.17, 15) is 9.90 Å². The molecule has 0 spiro atoms. The third-order valence-corrected chi connectivity index (χ3v) is 7.96. The molecule has 1 aliphatic rings. The number of aliphatic hydroxyl groups is 1. The standard InChI is InChI=1S/C30H28N6O4S/c1-18-26(16-41-30-32-17-33-36-30)39-29(40-27(18)20-11-9-19(15-37)10-12-20)21-5-4-6-22(13-21)34-28(38)25-14-31-23-7-2-3-8-24(23)35-25/h2-14,17-18,26-27,29,37H,15-16H2,1H3,(H,34,38)(H,32,33,36). The summed E-state index contributed by atoms with van der Waals surface area (Å²) in [5.41, 5.74) is 4.79. The van der Waals surface area contributed by atoms with Crippen molar-refractivity contribution in [3.8, 4) is 0 Å². The fraction of sp³-hybridized carbons (Fsp3) is 0.233. The summed E-state index contributed by atoms with van der Waals surface area (Å²) in [6.07, 6.45) is 1.85. The number of nitrogens with one attached hydrogen (secondary N) is 2. The van der Waals surface area contributed by atoms with Gasteiger partial charge >= 0.3 is 0 Å². The SMILES string of the molecule is CC1C(CSc2ncn[nH]2)OC(c2cccc(NC(=O)c3cnc4ccccc4n3)c2)OC1c1ccc(CO)cc1. The fourth-order valence-electron chi connectivity index (χ4n) is 4.76. The summed E-state index contributed by atoms with van der Waals surface area (Å²) in [4.78, 5) is 26.0. The van der Waals surface area contributed by atoms with E-state index < -0.39 is 6.29 Å². The molecule has 4 unspecified atom stereocenters. The highest BCUT2D eigenvalue weighted by Crippen LogP contribution is 2.43. The highest BCUT2D eigenvalue weighted by Gasteiger charge is 2.38. The number of thioether (sulfide) groups is 1. The van der Waals surface area contributed by atoms with Gasteiger partial charge in [0.2, 0.25) is 0 Å². The average Bonchev–Trinajstić information content (AvgIpc) is 3.54. The van der Waals surface area contributed by atoms with Gasteiger partial charge in [-0.05, 0) is 35.4 Å². The lowest BCUT2D eigenvalue weighted by atomic mass is 9.91. The second-order valence-corrected chi connectivity index (χ2v) is 10.8. The van der Waals surface area contributed by atoms with E-state index in [1.54, 1.807) is 0 Å². The molecule has 4 atom stereocenters. The lowest BCUT2D eigenvalue weighted by Gasteiger charge is -2.41. The Bertz CT molecular complexity index is 1630. The van der Waals surface area contributed by atoms with Crippen molar-refractivity contribution in [3.05, 3.63) is 108 Å². The largest absolute Gasteiger partial charge is 0.392 e. The number of aliphatic hydroxyl groups excluding tert-OH is 1. The van der Waals surface area contributed by atoms with E-state index in [1.165, 1.54) is 24.3 Å². The molecule has 11 heteroatoms. The lowest BCUT2D eigenvalue weighted by Crippen LogP contribution is -2.38. The number of ether oxygens (including phenoxy) is 2. The first-order chi connectivity index (χ1) is 20.1. The molecule has 3 N–H and O–H groups in total. The summed E-state index contributed by atoms with van der Waals surface area (Å²) >= 11 is 1.54. The van der Waals surface area contributed by atoms with Gasteiger partial charge in [0.05, 0.1) is 36.0 Å². The molecule has 0 saturated carbocycles. The van der Waals surface area contributed by atoms with Gasteiger partial charge in [0.1, 0.15) is 12.0 Å². The molecule has 0 radical (unpaired) electrons. The Morgan fingerprint density at radius 3 is 2.61 bits per heavy atom. The van der Waals surface area contributed by atoms with Crippen LogP contribution in [-0.4, -0.2) is 48.0 Å². The maximum atomic E-state index is 13.0. The first-order valence-electron chi connectivity index (χ1n) is 13.2. The van der Waals surface area contributed by atoms with Crippen LogP contribution in [0.4, 0.5) is 5.69 Å². The maximum absolute atomic E-state index is 13.0. The van der Waals surface area contributed by atoms with Gasteiger partial charge in [-0.25, -0.2) is 9.97 Å². The van der Waals surface area contributed by atoms with Gasteiger partial charge in [0.15, 0.2) is 11.4 Å². The molecule has 6 rings (SSSR count). The van der Waals surface area contributed by atoms with Crippen molar-refractivity contribution < 1.29 is 19.4 Å². The van der Waals surface area contributed by atoms with Gasteiger partial charge in [-0.15, -0.1) is 0 Å². The number of benzene rings is 3. The molecular formula is C30H28N6O4S. The van der Waals surface area contributed by atoms with Crippen LogP contribution in [0.1, 0.15) is 46.5 Å². The van der Waals surface area contributed by atoms with Crippen LogP contribution < -0.4 is 5.32 Å². The molecule has 5 aromatic rings. The maximum Gasteiger partial charge on any atom is 0.275 e. The smallest absolute Gasteiger partial charge is 0.275 e. The summed E-state index contributed by atoms with van der Waals surface area (Å²) in [5.74, 6) is 0.303. The number of fused-ring (bicyclic) bond motifs is 1. The van der Waals surface area contributed by atoms with Crippen LogP contribution >= 0.6 is 11.8 Å². The first kappa shape index (κ1) is 27.0. The van der Waals surface area contributed by atoms with Crippen LogP contribution in [0.2, 0.25) is 0 Å². The number of hydrogen-bond acceptors (Lipinski definition) is 9. The molecule has 0 aliphatic carbocycles. The van der Waals surface area contributed by atoms with E-state index in [0.717, 1.165) is 22.2 Å². The Morgan fingerprint density at radius 1 is 1.00 bits per heavy atom. The Morgan fingerprint density at radius 2 is 1.83 bits per heavy atom. The van der Waals surface area contributed by atoms with Crippen LogP contribution in [0, 0.1) is 5.92 Å². The zero-order valence-electron chi connectivity index (χ0n) is 22.2. The fourth-order valence-corrected chi connectivity index (χ4v) is 5.70. The molecule has 3 aromatic carbocycles. The molecule has 0 bridgehead atoms. The predicted molar refractivity (Wildman–Crippen MR) is 154 cm³/mol. The van der Waals surface area contributed by atoms with Gasteiger partial charge in [0.25, 0.3) is 5.91 Å². The van der Waals surface area contributed by atoms with Crippen molar-refractivity contribution in [3.63, 3.8) is 0 Å². The van der Waals surface area contributed by atoms with Crippen molar-refractivity contribution in [2.45, 2.75) is 37.2 Å². The molecule has 10 nitrogen and oxygen atoms in total. The van der Waals surface area contributed by atoms with Crippen molar-refractivity contribution >= 4 is 34.4 Å². The number of rotatable bonds is 8. The number of hydrogen-bond donors (Lipinski definition) is 3. The van der Waals surface area contributed by atoms with E-state index >= 15 is 0 Å². The Kier molecular flexibility index (Phi) is 8.01. The third kappa shape index (κ3) is 6.13. The molecule has 208 valence electrons. The molecule has 2 aromatic heterocycles. The molecule has 1 saturated heterocycles. The summed E-state index contributed by atoms with van der Waals surface area (Å²) in [6.45, 7) is 2.08. The average molecular weight is 569 g/mol. The number of aromatic nitrogens is 5. The number of aromatic amines is 1. The Balaban J connectivity index is 1.23. The number of anilines is 1. The number of carbonyl (C=O) groups is 1. The highest BCUT2D eigenvalue weighted by atomic mass is 32.2. The van der Waals surface area contributed by atoms with Crippen LogP contribution in [0.25, 0.3) is 11.0 Å². The van der Waals surface area contributed by atoms with Crippen molar-refractivity contribution in [1.29, 1.82) is 0 Å². The summed E-state index contributed by atoms with van der Waals surface area (Å²) in [5, 5.41) is 19.9. The third-order valence-electron chi connectivity index (χ3n) is 7.00. The van der Waals surface area contributed by atoms with Gasteiger partial charge < -0.3 is 19.9 Å². The van der Waals surface area contributed by atoms with Gasteiger partial charge in [0, 0.05) is 22.9 Å². The highest BCUT2D eigenvalue weighted by molar-refractivity contribution is 7.99. The molecule has 1 aliphatic heterocycles. The summed E-state index contributed by atoms with van der Waals surface area (Å²) in [6, 6.07) is 22.6. The van der Waals surface area contributed by atoms with E-state index in [1.807, 2.05) is 72.8 Å². The monoisotopic (exact) mass is 568 g/mol. The first-order valence-corrected chi connectivity index (χ1v) is 14.2. The van der Waals surface area contributed by atoms with Gasteiger partial charge in [-0.2, -0.15) is 5.10 Å². The Labute approximate surface area is 240 Å². The second-order valence-electron chi connectivity index (χ2n) is 9.75. The molecule has 1 amide bonds. The number of carbonyl (C=O) groups excluding carboxylic acids is 1. The lowest BCUT2D eigenvalue weighted by molar-refractivity contribution is -0.268. The zero-order chi connectivity index (χ0) is 28.2. The van der Waals surface area contributed by atoms with Crippen LogP contribution in [0.3, 0.4) is 0 Å². The van der Waals surface area contributed by atoms with Crippen LogP contribution in [0.5, 0.6) is 0 Å². The van der Waals surface area contributed by atoms with Gasteiger partial charge in [-0.3, -0.25) is 14.9 Å². The number of amides is 1. The molecule has 3 heterocycles. The topological polar surface area (TPSA) is 135 Å². The minimum Gasteiger partial charge on any atom is -0.392 e. The number of nitrogens with zero attached hydrogens (tertiary/aromatic N) is 4. The molecule has 41 heavy (non-hydrogen) atoms. The van der Waals surface area contributed by atoms with E-state index in [2.05, 4.69) is 37.4 Å². The van der Waals surface area contributed by atoms with Gasteiger partial charge in [-0.1, -0.05) is 67.2 Å². The van der Waals surface area contributed by atoms with Crippen LogP contribution in [-0.2, 0) is 16.1 Å². The minimum absolute atomic E-state index is 0.0210. The Hall–Kier alpha value is -4.16. The van der Waals surface area contributed by atoms with E-state index in [0.29, 0.717) is 22.1 Å². The number of H-pyrrole nitrogens is 1. The quantitative estimate of drug-likeness (QED) is 0.219. The minimum atomic E-state index is -0.675. The zero-order valence-corrected chi connectivity index (χ0v) is 23.0.